The largest absolute Gasteiger partial charge is 0.419 e. The van der Waals surface area contributed by atoms with Gasteiger partial charge in [-0.05, 0) is 51.4 Å². The van der Waals surface area contributed by atoms with Gasteiger partial charge in [0, 0.05) is 31.6 Å². The van der Waals surface area contributed by atoms with Crippen LogP contribution in [-0.4, -0.2) is 52.5 Å². The molecule has 25 heavy (non-hydrogen) atoms. The van der Waals surface area contributed by atoms with E-state index >= 15 is 0 Å². The molecule has 6 nitrogen and oxygen atoms in total. The number of benzene rings is 1. The highest BCUT2D eigenvalue weighted by Gasteiger charge is 2.38. The smallest absolute Gasteiger partial charge is 0.408 e. The molecule has 0 unspecified atom stereocenters. The Hall–Kier alpha value is -2.08. The molecule has 0 aliphatic carbocycles. The van der Waals surface area contributed by atoms with Crippen molar-refractivity contribution in [2.24, 2.45) is 0 Å². The monoisotopic (exact) mass is 343 g/mol. The lowest BCUT2D eigenvalue weighted by Crippen LogP contribution is -2.47. The first-order valence-electron chi connectivity index (χ1n) is 9.23. The third-order valence-electron chi connectivity index (χ3n) is 5.76. The molecule has 3 heterocycles. The zero-order chi connectivity index (χ0) is 17.4. The van der Waals surface area contributed by atoms with Crippen LogP contribution in [0, 0.1) is 0 Å². The minimum absolute atomic E-state index is 0.153. The second-order valence-corrected chi connectivity index (χ2v) is 7.22. The average molecular weight is 343 g/mol. The number of likely N-dealkylation sites (N-methyl/N-ethyl adjacent to an activating group) is 1. The van der Waals surface area contributed by atoms with E-state index in [2.05, 4.69) is 16.8 Å². The molecule has 4 rings (SSSR count). The Bertz CT molecular complexity index is 825. The molecule has 2 aromatic rings. The maximum Gasteiger partial charge on any atom is 0.419 e. The molecule has 2 atom stereocenters. The number of oxazole rings is 1. The standard InChI is InChI=1S/C19H25N3O3/c1-20-11-4-7-14(20)15-8-5-12-21(15)18(23)10-13-22-16-6-2-3-9-17(16)25-19(22)24/h2-3,6,9,14-15H,4-5,7-8,10-13H2,1H3/t14-,15-/m1/s1. The Labute approximate surface area is 147 Å². The van der Waals surface area contributed by atoms with Crippen LogP contribution in [-0.2, 0) is 11.3 Å². The van der Waals surface area contributed by atoms with Crippen molar-refractivity contribution < 1.29 is 9.21 Å². The van der Waals surface area contributed by atoms with Gasteiger partial charge in [-0.25, -0.2) is 4.79 Å². The summed E-state index contributed by atoms with van der Waals surface area (Å²) in [5, 5.41) is 0. The van der Waals surface area contributed by atoms with E-state index in [0.717, 1.165) is 31.4 Å². The summed E-state index contributed by atoms with van der Waals surface area (Å²) in [6.45, 7) is 2.34. The third kappa shape index (κ3) is 2.99. The van der Waals surface area contributed by atoms with Crippen molar-refractivity contribution in [2.75, 3.05) is 20.1 Å². The molecule has 2 saturated heterocycles. The summed E-state index contributed by atoms with van der Waals surface area (Å²) in [4.78, 5) is 29.3. The molecule has 0 spiro atoms. The molecule has 6 heteroatoms. The van der Waals surface area contributed by atoms with Gasteiger partial charge >= 0.3 is 5.76 Å². The van der Waals surface area contributed by atoms with Gasteiger partial charge in [0.25, 0.3) is 0 Å². The van der Waals surface area contributed by atoms with Crippen LogP contribution in [0.25, 0.3) is 11.1 Å². The van der Waals surface area contributed by atoms with Crippen LogP contribution in [0.2, 0.25) is 0 Å². The highest BCUT2D eigenvalue weighted by molar-refractivity contribution is 5.77. The Kier molecular flexibility index (Phi) is 4.37. The summed E-state index contributed by atoms with van der Waals surface area (Å²) in [6, 6.07) is 8.18. The zero-order valence-corrected chi connectivity index (χ0v) is 14.7. The van der Waals surface area contributed by atoms with Gasteiger partial charge in [0.2, 0.25) is 5.91 Å². The first-order valence-corrected chi connectivity index (χ1v) is 9.23. The predicted molar refractivity (Wildman–Crippen MR) is 95.5 cm³/mol. The van der Waals surface area contributed by atoms with E-state index in [0.29, 0.717) is 30.6 Å². The molecular weight excluding hydrogens is 318 g/mol. The minimum atomic E-state index is -0.387. The molecule has 0 saturated carbocycles. The first kappa shape index (κ1) is 16.4. The Morgan fingerprint density at radius 2 is 1.92 bits per heavy atom. The SMILES string of the molecule is CN1CCC[C@@H]1[C@H]1CCCN1C(=O)CCn1c(=O)oc2ccccc21. The van der Waals surface area contributed by atoms with Crippen molar-refractivity contribution >= 4 is 17.0 Å². The number of amides is 1. The summed E-state index contributed by atoms with van der Waals surface area (Å²) in [5.41, 5.74) is 1.33. The van der Waals surface area contributed by atoms with Crippen LogP contribution in [0.15, 0.2) is 33.5 Å². The number of aromatic nitrogens is 1. The molecule has 1 aromatic heterocycles. The number of hydrogen-bond acceptors (Lipinski definition) is 4. The summed E-state index contributed by atoms with van der Waals surface area (Å²) in [6.07, 6.45) is 4.91. The molecule has 0 radical (unpaired) electrons. The second kappa shape index (κ2) is 6.67. The predicted octanol–water partition coefficient (Wildman–Crippen LogP) is 2.07. The van der Waals surface area contributed by atoms with Gasteiger partial charge in [-0.2, -0.15) is 0 Å². The lowest BCUT2D eigenvalue weighted by molar-refractivity contribution is -0.133. The number of aryl methyl sites for hydroxylation is 1. The molecule has 2 fully saturated rings. The minimum Gasteiger partial charge on any atom is -0.408 e. The van der Waals surface area contributed by atoms with Crippen molar-refractivity contribution in [3.8, 4) is 0 Å². The molecule has 134 valence electrons. The van der Waals surface area contributed by atoms with Crippen LogP contribution in [0.1, 0.15) is 32.1 Å². The highest BCUT2D eigenvalue weighted by Crippen LogP contribution is 2.29. The maximum absolute atomic E-state index is 12.8. The number of para-hydroxylation sites is 2. The van der Waals surface area contributed by atoms with Crippen LogP contribution in [0.3, 0.4) is 0 Å². The number of hydrogen-bond donors (Lipinski definition) is 0. The van der Waals surface area contributed by atoms with E-state index in [4.69, 9.17) is 4.42 Å². The van der Waals surface area contributed by atoms with Crippen molar-refractivity contribution in [3.05, 3.63) is 34.8 Å². The van der Waals surface area contributed by atoms with E-state index < -0.39 is 0 Å². The van der Waals surface area contributed by atoms with Crippen LogP contribution >= 0.6 is 0 Å². The quantitative estimate of drug-likeness (QED) is 0.853. The van der Waals surface area contributed by atoms with E-state index in [1.54, 1.807) is 10.6 Å². The lowest BCUT2D eigenvalue weighted by Gasteiger charge is -2.33. The van der Waals surface area contributed by atoms with Crippen LogP contribution in [0.5, 0.6) is 0 Å². The van der Waals surface area contributed by atoms with Crippen molar-refractivity contribution in [3.63, 3.8) is 0 Å². The normalized spacial score (nSPS) is 24.4. The average Bonchev–Trinajstić information content (AvgIpc) is 3.30. The van der Waals surface area contributed by atoms with E-state index in [1.165, 1.54) is 12.8 Å². The summed E-state index contributed by atoms with van der Waals surface area (Å²) >= 11 is 0. The molecular formula is C19H25N3O3. The van der Waals surface area contributed by atoms with E-state index in [-0.39, 0.29) is 11.7 Å². The highest BCUT2D eigenvalue weighted by atomic mass is 16.4. The second-order valence-electron chi connectivity index (χ2n) is 7.22. The molecule has 1 aromatic carbocycles. The molecule has 2 aliphatic heterocycles. The maximum atomic E-state index is 12.8. The number of carbonyl (C=O) groups excluding carboxylic acids is 1. The summed E-state index contributed by atoms with van der Waals surface area (Å²) in [7, 11) is 2.16. The topological polar surface area (TPSA) is 58.7 Å². The Balaban J connectivity index is 1.46. The van der Waals surface area contributed by atoms with Gasteiger partial charge in [0.1, 0.15) is 0 Å². The fourth-order valence-electron chi connectivity index (χ4n) is 4.50. The van der Waals surface area contributed by atoms with Crippen molar-refractivity contribution in [2.45, 2.75) is 50.7 Å². The number of carbonyl (C=O) groups is 1. The molecule has 2 aliphatic rings. The number of likely N-dealkylation sites (tertiary alicyclic amines) is 2. The van der Waals surface area contributed by atoms with Crippen LogP contribution < -0.4 is 5.76 Å². The van der Waals surface area contributed by atoms with Gasteiger partial charge < -0.3 is 14.2 Å². The summed E-state index contributed by atoms with van der Waals surface area (Å²) < 4.78 is 6.82. The van der Waals surface area contributed by atoms with Gasteiger partial charge in [-0.3, -0.25) is 9.36 Å². The first-order chi connectivity index (χ1) is 12.1. The number of fused-ring (bicyclic) bond motifs is 1. The fourth-order valence-corrected chi connectivity index (χ4v) is 4.50. The van der Waals surface area contributed by atoms with Crippen LogP contribution in [0.4, 0.5) is 0 Å². The van der Waals surface area contributed by atoms with Gasteiger partial charge in [-0.15, -0.1) is 0 Å². The van der Waals surface area contributed by atoms with Crippen molar-refractivity contribution in [1.82, 2.24) is 14.4 Å². The van der Waals surface area contributed by atoms with Gasteiger partial charge in [0.15, 0.2) is 5.58 Å². The van der Waals surface area contributed by atoms with Gasteiger partial charge in [-0.1, -0.05) is 12.1 Å². The Morgan fingerprint density at radius 3 is 2.72 bits per heavy atom. The fraction of sp³-hybridized carbons (Fsp3) is 0.579. The van der Waals surface area contributed by atoms with Crippen molar-refractivity contribution in [1.29, 1.82) is 0 Å². The van der Waals surface area contributed by atoms with E-state index in [1.807, 2.05) is 18.2 Å². The third-order valence-corrected chi connectivity index (χ3v) is 5.76. The lowest BCUT2D eigenvalue weighted by atomic mass is 10.0. The zero-order valence-electron chi connectivity index (χ0n) is 14.7. The Morgan fingerprint density at radius 1 is 1.16 bits per heavy atom. The number of rotatable bonds is 4. The number of nitrogens with zero attached hydrogens (tertiary/aromatic N) is 3. The molecule has 0 N–H and O–H groups in total. The van der Waals surface area contributed by atoms with E-state index in [9.17, 15) is 9.59 Å². The van der Waals surface area contributed by atoms with Gasteiger partial charge in [0.05, 0.1) is 5.52 Å². The molecule has 1 amide bonds. The molecule has 0 bridgehead atoms. The summed E-state index contributed by atoms with van der Waals surface area (Å²) in [5.74, 6) is -0.234.